The SMILES string of the molecule is CC1(C)OB(c2cc(C(N)=O)ccc2C(CN2CCCCC2)S(=O)(=O)O)OC1(C)C. The van der Waals surface area contributed by atoms with Crippen molar-refractivity contribution in [3.8, 4) is 0 Å². The number of nitrogens with two attached hydrogens (primary N) is 1. The zero-order valence-corrected chi connectivity index (χ0v) is 18.9. The Bertz CT molecular complexity index is 896. The number of benzene rings is 1. The lowest BCUT2D eigenvalue weighted by Gasteiger charge is -2.32. The van der Waals surface area contributed by atoms with Crippen molar-refractivity contribution in [3.05, 3.63) is 29.3 Å². The molecule has 30 heavy (non-hydrogen) atoms. The van der Waals surface area contributed by atoms with Crippen molar-refractivity contribution in [1.82, 2.24) is 4.90 Å². The molecule has 166 valence electrons. The van der Waals surface area contributed by atoms with Gasteiger partial charge in [-0.25, -0.2) is 0 Å². The average molecular weight is 438 g/mol. The van der Waals surface area contributed by atoms with Crippen LogP contribution in [0.4, 0.5) is 0 Å². The molecule has 0 radical (unpaired) electrons. The van der Waals surface area contributed by atoms with Gasteiger partial charge in [-0.3, -0.25) is 9.35 Å². The molecule has 0 saturated carbocycles. The fraction of sp³-hybridized carbons (Fsp3) is 0.650. The maximum Gasteiger partial charge on any atom is 0.495 e. The average Bonchev–Trinajstić information content (AvgIpc) is 2.86. The molecule has 2 fully saturated rings. The normalized spacial score (nSPS) is 22.8. The summed E-state index contributed by atoms with van der Waals surface area (Å²) in [6.45, 7) is 9.25. The number of carbonyl (C=O) groups excluding carboxylic acids is 1. The molecule has 0 bridgehead atoms. The maximum absolute atomic E-state index is 12.4. The van der Waals surface area contributed by atoms with Crippen LogP contribution >= 0.6 is 0 Å². The van der Waals surface area contributed by atoms with Crippen molar-refractivity contribution >= 4 is 28.6 Å². The first kappa shape index (κ1) is 23.2. The van der Waals surface area contributed by atoms with E-state index in [9.17, 15) is 17.8 Å². The second kappa shape index (κ2) is 8.24. The highest BCUT2D eigenvalue weighted by Gasteiger charge is 2.53. The van der Waals surface area contributed by atoms with E-state index in [-0.39, 0.29) is 12.1 Å². The van der Waals surface area contributed by atoms with Gasteiger partial charge < -0.3 is 19.9 Å². The zero-order chi connectivity index (χ0) is 22.3. The van der Waals surface area contributed by atoms with Gasteiger partial charge >= 0.3 is 7.12 Å². The van der Waals surface area contributed by atoms with Crippen molar-refractivity contribution in [2.45, 2.75) is 63.4 Å². The Morgan fingerprint density at radius 3 is 2.23 bits per heavy atom. The molecular weight excluding hydrogens is 407 g/mol. The first-order chi connectivity index (χ1) is 13.8. The van der Waals surface area contributed by atoms with Crippen molar-refractivity contribution in [2.24, 2.45) is 5.73 Å². The summed E-state index contributed by atoms with van der Waals surface area (Å²) in [6.07, 6.45) is 3.09. The third-order valence-corrected chi connectivity index (χ3v) is 7.58. The quantitative estimate of drug-likeness (QED) is 0.510. The van der Waals surface area contributed by atoms with Crippen molar-refractivity contribution < 1.29 is 27.1 Å². The van der Waals surface area contributed by atoms with Crippen LogP contribution in [0.3, 0.4) is 0 Å². The third kappa shape index (κ3) is 4.73. The largest absolute Gasteiger partial charge is 0.495 e. The van der Waals surface area contributed by atoms with E-state index in [2.05, 4.69) is 0 Å². The molecule has 10 heteroatoms. The highest BCUT2D eigenvalue weighted by Crippen LogP contribution is 2.37. The van der Waals surface area contributed by atoms with E-state index in [0.717, 1.165) is 32.4 Å². The lowest BCUT2D eigenvalue weighted by atomic mass is 9.74. The van der Waals surface area contributed by atoms with E-state index in [0.29, 0.717) is 11.0 Å². The molecule has 2 aliphatic heterocycles. The summed E-state index contributed by atoms with van der Waals surface area (Å²) in [5, 5.41) is -1.19. The Labute approximate surface area is 179 Å². The molecule has 2 saturated heterocycles. The van der Waals surface area contributed by atoms with Gasteiger partial charge in [-0.15, -0.1) is 0 Å². The Balaban J connectivity index is 2.06. The number of likely N-dealkylation sites (tertiary alicyclic amines) is 1. The lowest BCUT2D eigenvalue weighted by molar-refractivity contribution is 0.00578. The lowest BCUT2D eigenvalue weighted by Crippen LogP contribution is -2.42. The minimum Gasteiger partial charge on any atom is -0.399 e. The smallest absolute Gasteiger partial charge is 0.399 e. The van der Waals surface area contributed by atoms with Gasteiger partial charge in [0.05, 0.1) is 11.2 Å². The minimum absolute atomic E-state index is 0.154. The second-order valence-electron chi connectivity index (χ2n) is 9.16. The molecule has 1 unspecified atom stereocenters. The Hall–Kier alpha value is -1.46. The van der Waals surface area contributed by atoms with Crippen molar-refractivity contribution in [2.75, 3.05) is 19.6 Å². The number of primary amides is 1. The summed E-state index contributed by atoms with van der Waals surface area (Å²) >= 11 is 0. The summed E-state index contributed by atoms with van der Waals surface area (Å²) in [7, 11) is -5.32. The fourth-order valence-electron chi connectivity index (χ4n) is 3.92. The zero-order valence-electron chi connectivity index (χ0n) is 18.1. The number of hydrogen-bond acceptors (Lipinski definition) is 6. The highest BCUT2D eigenvalue weighted by molar-refractivity contribution is 7.86. The van der Waals surface area contributed by atoms with Gasteiger partial charge in [-0.2, -0.15) is 8.42 Å². The predicted molar refractivity (Wildman–Crippen MR) is 115 cm³/mol. The van der Waals surface area contributed by atoms with Crippen LogP contribution in [0.1, 0.15) is 68.1 Å². The Morgan fingerprint density at radius 1 is 1.17 bits per heavy atom. The first-order valence-electron chi connectivity index (χ1n) is 10.3. The molecule has 0 spiro atoms. The van der Waals surface area contributed by atoms with Crippen LogP contribution in [0, 0.1) is 0 Å². The third-order valence-electron chi connectivity index (χ3n) is 6.46. The number of piperidine rings is 1. The maximum atomic E-state index is 12.4. The molecule has 1 aromatic carbocycles. The van der Waals surface area contributed by atoms with Gasteiger partial charge in [0.15, 0.2) is 0 Å². The van der Waals surface area contributed by atoms with Gasteiger partial charge in [0.2, 0.25) is 5.91 Å². The summed E-state index contributed by atoms with van der Waals surface area (Å²) in [6, 6.07) is 4.51. The molecule has 3 N–H and O–H groups in total. The molecule has 1 amide bonds. The topological polar surface area (TPSA) is 119 Å². The molecular formula is C20H31BN2O6S. The van der Waals surface area contributed by atoms with Crippen LogP contribution in [0.2, 0.25) is 0 Å². The van der Waals surface area contributed by atoms with Crippen LogP contribution in [-0.2, 0) is 19.4 Å². The van der Waals surface area contributed by atoms with Crippen LogP contribution in [0.25, 0.3) is 0 Å². The van der Waals surface area contributed by atoms with E-state index in [4.69, 9.17) is 15.0 Å². The summed E-state index contributed by atoms with van der Waals surface area (Å²) in [5.41, 5.74) is 5.11. The summed E-state index contributed by atoms with van der Waals surface area (Å²) in [4.78, 5) is 13.8. The van der Waals surface area contributed by atoms with Gasteiger partial charge in [-0.1, -0.05) is 12.5 Å². The fourth-order valence-corrected chi connectivity index (χ4v) is 4.86. The standard InChI is InChI=1S/C20H31BN2O6S/c1-19(2)20(3,4)29-21(28-19)16-12-14(18(22)24)8-9-15(16)17(30(25,26)27)13-23-10-6-5-7-11-23/h8-9,12,17H,5-7,10-11,13H2,1-4H3,(H2,22,24)(H,25,26,27). The second-order valence-corrected chi connectivity index (χ2v) is 10.8. The summed E-state index contributed by atoms with van der Waals surface area (Å²) in [5.74, 6) is -0.640. The first-order valence-corrected chi connectivity index (χ1v) is 11.8. The number of hydrogen-bond donors (Lipinski definition) is 2. The van der Waals surface area contributed by atoms with Crippen LogP contribution in [-0.4, -0.2) is 61.7 Å². The Kier molecular flexibility index (Phi) is 6.37. The summed E-state index contributed by atoms with van der Waals surface area (Å²) < 4.78 is 47.1. The van der Waals surface area contributed by atoms with Gasteiger partial charge in [-0.05, 0) is 76.8 Å². The van der Waals surface area contributed by atoms with E-state index in [1.54, 1.807) is 0 Å². The number of carbonyl (C=O) groups is 1. The Morgan fingerprint density at radius 2 is 1.73 bits per heavy atom. The molecule has 1 atom stereocenters. The number of rotatable bonds is 6. The molecule has 0 aliphatic carbocycles. The van der Waals surface area contributed by atoms with Gasteiger partial charge in [0, 0.05) is 12.1 Å². The monoisotopic (exact) mass is 438 g/mol. The van der Waals surface area contributed by atoms with Gasteiger partial charge in [0.25, 0.3) is 10.1 Å². The molecule has 2 aliphatic rings. The van der Waals surface area contributed by atoms with Crippen LogP contribution in [0.15, 0.2) is 18.2 Å². The predicted octanol–water partition coefficient (Wildman–Crippen LogP) is 1.50. The number of nitrogens with zero attached hydrogens (tertiary/aromatic N) is 1. The highest BCUT2D eigenvalue weighted by atomic mass is 32.2. The van der Waals surface area contributed by atoms with Gasteiger partial charge in [0.1, 0.15) is 5.25 Å². The molecule has 1 aromatic rings. The van der Waals surface area contributed by atoms with Crippen LogP contribution in [0.5, 0.6) is 0 Å². The van der Waals surface area contributed by atoms with E-state index in [1.807, 2.05) is 32.6 Å². The molecule has 2 heterocycles. The van der Waals surface area contributed by atoms with Crippen LogP contribution < -0.4 is 11.2 Å². The molecule has 8 nitrogen and oxygen atoms in total. The van der Waals surface area contributed by atoms with E-state index < -0.39 is 39.6 Å². The van der Waals surface area contributed by atoms with E-state index in [1.165, 1.54) is 18.2 Å². The molecule has 3 rings (SSSR count). The van der Waals surface area contributed by atoms with Crippen molar-refractivity contribution in [3.63, 3.8) is 0 Å². The minimum atomic E-state index is -4.43. The number of amides is 1. The molecule has 0 aromatic heterocycles. The van der Waals surface area contributed by atoms with Crippen molar-refractivity contribution in [1.29, 1.82) is 0 Å². The van der Waals surface area contributed by atoms with E-state index >= 15 is 0 Å².